The van der Waals surface area contributed by atoms with Gasteiger partial charge in [-0.2, -0.15) is 0 Å². The van der Waals surface area contributed by atoms with E-state index in [1.165, 1.54) is 5.56 Å². The van der Waals surface area contributed by atoms with E-state index in [1.807, 2.05) is 24.3 Å². The maximum atomic E-state index is 9.85. The van der Waals surface area contributed by atoms with Gasteiger partial charge in [0.1, 0.15) is 5.75 Å². The Morgan fingerprint density at radius 3 is 2.04 bits per heavy atom. The zero-order chi connectivity index (χ0) is 19.7. The molecular formula is C20H25NO5. The highest BCUT2D eigenvalue weighted by Crippen LogP contribution is 2.27. The van der Waals surface area contributed by atoms with Gasteiger partial charge in [-0.3, -0.25) is 0 Å². The van der Waals surface area contributed by atoms with Gasteiger partial charge in [-0.05, 0) is 44.3 Å². The van der Waals surface area contributed by atoms with E-state index in [0.29, 0.717) is 23.9 Å². The minimum absolute atomic E-state index is 0.367. The first-order valence-electron chi connectivity index (χ1n) is 8.26. The Kier molecular flexibility index (Phi) is 8.31. The van der Waals surface area contributed by atoms with Gasteiger partial charge in [0.2, 0.25) is 0 Å². The minimum Gasteiger partial charge on any atom is -0.507 e. The average Bonchev–Trinajstić information content (AvgIpc) is 2.60. The molecule has 0 bridgehead atoms. The number of hydrogen-bond acceptors (Lipinski definition) is 4. The Morgan fingerprint density at radius 1 is 1.00 bits per heavy atom. The lowest BCUT2D eigenvalue weighted by atomic mass is 10.0. The fraction of sp³-hybridized carbons (Fsp3) is 0.300. The van der Waals surface area contributed by atoms with Crippen LogP contribution in [0.1, 0.15) is 19.4 Å². The van der Waals surface area contributed by atoms with Crippen LogP contribution >= 0.6 is 0 Å². The zero-order valence-corrected chi connectivity index (χ0v) is 15.2. The van der Waals surface area contributed by atoms with Crippen molar-refractivity contribution in [1.82, 2.24) is 4.90 Å². The third-order valence-corrected chi connectivity index (χ3v) is 3.98. The molecule has 0 aliphatic carbocycles. The number of aromatic hydroxyl groups is 1. The Hall–Kier alpha value is -2.86. The smallest absolute Gasteiger partial charge is 0.328 e. The standard InChI is InChI=1S/C16H21NO.C4H4O4/c1-12(2)17(3)11-10-13-8-9-16(18)15-7-5-4-6-14(13)15;5-3(6)1-2-4(7)8/h4-9,12,18H,10-11H2,1-3H3;1-2H,(H,5,6)(H,7,8)/b;2-1+. The van der Waals surface area contributed by atoms with Crippen LogP contribution in [0.5, 0.6) is 5.75 Å². The lowest BCUT2D eigenvalue weighted by Gasteiger charge is -2.21. The van der Waals surface area contributed by atoms with Crippen molar-refractivity contribution in [2.75, 3.05) is 13.6 Å². The van der Waals surface area contributed by atoms with Crippen molar-refractivity contribution in [2.24, 2.45) is 0 Å². The number of rotatable bonds is 6. The summed E-state index contributed by atoms with van der Waals surface area (Å²) in [6.07, 6.45) is 2.13. The molecule has 26 heavy (non-hydrogen) atoms. The molecule has 0 aliphatic rings. The summed E-state index contributed by atoms with van der Waals surface area (Å²) in [5.74, 6) is -2.15. The molecule has 0 saturated carbocycles. The van der Waals surface area contributed by atoms with E-state index in [-0.39, 0.29) is 0 Å². The average molecular weight is 359 g/mol. The number of hydrogen-bond donors (Lipinski definition) is 3. The predicted octanol–water partition coefficient (Wildman–Crippen LogP) is 3.14. The summed E-state index contributed by atoms with van der Waals surface area (Å²) >= 11 is 0. The molecular weight excluding hydrogens is 334 g/mol. The molecule has 0 fully saturated rings. The summed E-state index contributed by atoms with van der Waals surface area (Å²) in [7, 11) is 2.15. The van der Waals surface area contributed by atoms with E-state index >= 15 is 0 Å². The molecule has 0 radical (unpaired) electrons. The van der Waals surface area contributed by atoms with Gasteiger partial charge in [0, 0.05) is 30.1 Å². The molecule has 2 aromatic carbocycles. The van der Waals surface area contributed by atoms with Gasteiger partial charge in [-0.15, -0.1) is 0 Å². The van der Waals surface area contributed by atoms with Gasteiger partial charge in [-0.1, -0.05) is 30.3 Å². The molecule has 0 spiro atoms. The first kappa shape index (κ1) is 21.2. The second kappa shape index (κ2) is 10.2. The van der Waals surface area contributed by atoms with E-state index < -0.39 is 11.9 Å². The predicted molar refractivity (Wildman–Crippen MR) is 101 cm³/mol. The second-order valence-electron chi connectivity index (χ2n) is 6.12. The van der Waals surface area contributed by atoms with Crippen LogP contribution in [0.15, 0.2) is 48.6 Å². The molecule has 0 aromatic heterocycles. The van der Waals surface area contributed by atoms with Crippen molar-refractivity contribution >= 4 is 22.7 Å². The zero-order valence-electron chi connectivity index (χ0n) is 15.2. The first-order valence-corrected chi connectivity index (χ1v) is 8.26. The molecule has 140 valence electrons. The van der Waals surface area contributed by atoms with E-state index in [1.54, 1.807) is 6.07 Å². The maximum absolute atomic E-state index is 9.85. The molecule has 0 amide bonds. The van der Waals surface area contributed by atoms with E-state index in [9.17, 15) is 14.7 Å². The summed E-state index contributed by atoms with van der Waals surface area (Å²) < 4.78 is 0. The quantitative estimate of drug-likeness (QED) is 0.686. The van der Waals surface area contributed by atoms with E-state index in [0.717, 1.165) is 23.7 Å². The minimum atomic E-state index is -1.26. The van der Waals surface area contributed by atoms with Gasteiger partial charge in [0.25, 0.3) is 0 Å². The highest BCUT2D eigenvalue weighted by Gasteiger charge is 2.07. The Morgan fingerprint density at radius 2 is 1.54 bits per heavy atom. The fourth-order valence-corrected chi connectivity index (χ4v) is 2.26. The molecule has 0 atom stereocenters. The van der Waals surface area contributed by atoms with Crippen molar-refractivity contribution in [3.63, 3.8) is 0 Å². The molecule has 6 nitrogen and oxygen atoms in total. The summed E-state index contributed by atoms with van der Waals surface area (Å²) in [6, 6.07) is 12.4. The van der Waals surface area contributed by atoms with Crippen molar-refractivity contribution in [2.45, 2.75) is 26.3 Å². The summed E-state index contributed by atoms with van der Waals surface area (Å²) in [5.41, 5.74) is 1.30. The number of phenols is 1. The van der Waals surface area contributed by atoms with Crippen molar-refractivity contribution in [3.8, 4) is 5.75 Å². The normalized spacial score (nSPS) is 11.0. The monoisotopic (exact) mass is 359 g/mol. The number of likely N-dealkylation sites (N-methyl/N-ethyl adjacent to an activating group) is 1. The van der Waals surface area contributed by atoms with E-state index in [4.69, 9.17) is 10.2 Å². The van der Waals surface area contributed by atoms with Crippen LogP contribution in [0.3, 0.4) is 0 Å². The van der Waals surface area contributed by atoms with Crippen LogP contribution in [-0.4, -0.2) is 51.8 Å². The third-order valence-electron chi connectivity index (χ3n) is 3.98. The lowest BCUT2D eigenvalue weighted by Crippen LogP contribution is -2.28. The van der Waals surface area contributed by atoms with Gasteiger partial charge in [0.05, 0.1) is 0 Å². The molecule has 6 heteroatoms. The van der Waals surface area contributed by atoms with Gasteiger partial charge in [0.15, 0.2) is 0 Å². The highest BCUT2D eigenvalue weighted by atomic mass is 16.4. The van der Waals surface area contributed by atoms with Crippen LogP contribution in [0.2, 0.25) is 0 Å². The topological polar surface area (TPSA) is 98.1 Å². The van der Waals surface area contributed by atoms with Crippen molar-refractivity contribution in [1.29, 1.82) is 0 Å². The van der Waals surface area contributed by atoms with Crippen LogP contribution in [0, 0.1) is 0 Å². The van der Waals surface area contributed by atoms with Crippen LogP contribution in [0.4, 0.5) is 0 Å². The van der Waals surface area contributed by atoms with Crippen LogP contribution in [-0.2, 0) is 16.0 Å². The number of aliphatic carboxylic acids is 2. The summed E-state index contributed by atoms with van der Waals surface area (Å²) in [5, 5.41) is 27.6. The molecule has 2 rings (SSSR count). The Balaban J connectivity index is 0.000000359. The first-order chi connectivity index (χ1) is 12.2. The number of fused-ring (bicyclic) bond motifs is 1. The third kappa shape index (κ3) is 6.94. The van der Waals surface area contributed by atoms with Crippen LogP contribution in [0.25, 0.3) is 10.8 Å². The molecule has 2 aromatic rings. The maximum Gasteiger partial charge on any atom is 0.328 e. The number of carbonyl (C=O) groups is 2. The summed E-state index contributed by atoms with van der Waals surface area (Å²) in [6.45, 7) is 5.44. The van der Waals surface area contributed by atoms with E-state index in [2.05, 4.69) is 31.9 Å². The number of phenolic OH excluding ortho intramolecular Hbond substituents is 1. The number of benzene rings is 2. The molecule has 0 saturated heterocycles. The Bertz CT molecular complexity index is 767. The molecule has 0 aliphatic heterocycles. The number of carboxylic acid groups (broad SMARTS) is 2. The van der Waals surface area contributed by atoms with Gasteiger partial charge < -0.3 is 20.2 Å². The number of carboxylic acids is 2. The molecule has 0 heterocycles. The Labute approximate surface area is 153 Å². The SMILES string of the molecule is CC(C)N(C)CCc1ccc(O)c2ccccc12.O=C(O)/C=C/C(=O)O. The largest absolute Gasteiger partial charge is 0.507 e. The summed E-state index contributed by atoms with van der Waals surface area (Å²) in [4.78, 5) is 21.4. The lowest BCUT2D eigenvalue weighted by molar-refractivity contribution is -0.134. The molecule has 0 unspecified atom stereocenters. The van der Waals surface area contributed by atoms with Crippen molar-refractivity contribution < 1.29 is 24.9 Å². The fourth-order valence-electron chi connectivity index (χ4n) is 2.26. The highest BCUT2D eigenvalue weighted by molar-refractivity contribution is 5.91. The molecule has 3 N–H and O–H groups in total. The van der Waals surface area contributed by atoms with Crippen molar-refractivity contribution in [3.05, 3.63) is 54.1 Å². The van der Waals surface area contributed by atoms with Gasteiger partial charge in [-0.25, -0.2) is 9.59 Å². The van der Waals surface area contributed by atoms with Gasteiger partial charge >= 0.3 is 11.9 Å². The van der Waals surface area contributed by atoms with Crippen LogP contribution < -0.4 is 0 Å². The number of nitrogens with zero attached hydrogens (tertiary/aromatic N) is 1. The second-order valence-corrected chi connectivity index (χ2v) is 6.12.